The summed E-state index contributed by atoms with van der Waals surface area (Å²) in [5, 5.41) is 0. The Bertz CT molecular complexity index is 858. The zero-order chi connectivity index (χ0) is 18.5. The Morgan fingerprint density at radius 2 is 1.96 bits per heavy atom. The second-order valence-corrected chi connectivity index (χ2v) is 6.20. The topological polar surface area (TPSA) is 117 Å². The molecule has 0 aliphatic rings. The number of fused-ring (bicyclic) bond motifs is 1. The van der Waals surface area contributed by atoms with Gasteiger partial charge in [-0.1, -0.05) is 31.2 Å². The van der Waals surface area contributed by atoms with Crippen LogP contribution in [0.25, 0.3) is 16.8 Å². The molecule has 0 amide bonds. The lowest BCUT2D eigenvalue weighted by Crippen LogP contribution is -2.21. The van der Waals surface area contributed by atoms with Crippen LogP contribution in [0.3, 0.4) is 0 Å². The van der Waals surface area contributed by atoms with E-state index in [0.29, 0.717) is 31.9 Å². The van der Waals surface area contributed by atoms with Gasteiger partial charge in [-0.25, -0.2) is 9.97 Å². The number of aromatic nitrogens is 3. The molecule has 0 bridgehead atoms. The van der Waals surface area contributed by atoms with Crippen molar-refractivity contribution in [1.29, 1.82) is 0 Å². The number of nitrogens with zero attached hydrogens (tertiary/aromatic N) is 3. The number of nitrogen functional groups attached to an aromatic ring is 1. The molecule has 2 heterocycles. The molecule has 6 N–H and O–H groups in total. The first-order chi connectivity index (χ1) is 12.7. The zero-order valence-electron chi connectivity index (χ0n) is 15.1. The van der Waals surface area contributed by atoms with E-state index in [1.807, 2.05) is 34.9 Å². The van der Waals surface area contributed by atoms with E-state index < -0.39 is 0 Å². The minimum Gasteiger partial charge on any atom is -0.382 e. The van der Waals surface area contributed by atoms with E-state index >= 15 is 0 Å². The molecule has 0 aliphatic carbocycles. The summed E-state index contributed by atoms with van der Waals surface area (Å²) in [5.41, 5.74) is 21.1. The third-order valence-corrected chi connectivity index (χ3v) is 4.46. The number of imidazole rings is 1. The van der Waals surface area contributed by atoms with Crippen molar-refractivity contribution in [3.63, 3.8) is 0 Å². The van der Waals surface area contributed by atoms with Gasteiger partial charge in [-0.2, -0.15) is 0 Å². The molecule has 0 unspecified atom stereocenters. The molecule has 7 heteroatoms. The molecule has 0 saturated heterocycles. The monoisotopic (exact) mass is 354 g/mol. The number of benzene rings is 1. The SMILES string of the molecule is CC[C@H](Cc1nc(-c2ccc(CN)cc2)c2c(N)nccn12)OCCN. The number of hydrogen-bond donors (Lipinski definition) is 3. The normalized spacial score (nSPS) is 12.6. The first-order valence-electron chi connectivity index (χ1n) is 8.90. The van der Waals surface area contributed by atoms with Crippen LogP contribution in [-0.2, 0) is 17.7 Å². The standard InChI is InChI=1S/C19H26N6O/c1-2-15(26-10-7-20)11-16-24-17(14-5-3-13(12-21)4-6-14)18-19(22)23-8-9-25(16)18/h3-6,8-9,15H,2,7,10-12,20-21H2,1H3,(H2,22,23)/t15-/m1/s1. The summed E-state index contributed by atoms with van der Waals surface area (Å²) < 4.78 is 7.83. The maximum atomic E-state index is 6.17. The summed E-state index contributed by atoms with van der Waals surface area (Å²) in [6, 6.07) is 8.05. The molecular formula is C19H26N6O. The molecular weight excluding hydrogens is 328 g/mol. The highest BCUT2D eigenvalue weighted by Crippen LogP contribution is 2.29. The number of rotatable bonds is 8. The van der Waals surface area contributed by atoms with E-state index in [2.05, 4.69) is 11.9 Å². The molecule has 0 spiro atoms. The average molecular weight is 354 g/mol. The van der Waals surface area contributed by atoms with Gasteiger partial charge in [0, 0.05) is 37.5 Å². The van der Waals surface area contributed by atoms with Crippen LogP contribution < -0.4 is 17.2 Å². The maximum Gasteiger partial charge on any atom is 0.150 e. The average Bonchev–Trinajstić information content (AvgIpc) is 3.05. The highest BCUT2D eigenvalue weighted by molar-refractivity contribution is 5.85. The number of hydrogen-bond acceptors (Lipinski definition) is 6. The summed E-state index contributed by atoms with van der Waals surface area (Å²) in [6.45, 7) is 3.66. The van der Waals surface area contributed by atoms with E-state index in [1.54, 1.807) is 6.20 Å². The van der Waals surface area contributed by atoms with E-state index in [0.717, 1.165) is 34.6 Å². The van der Waals surface area contributed by atoms with E-state index in [1.165, 1.54) is 0 Å². The van der Waals surface area contributed by atoms with Crippen molar-refractivity contribution < 1.29 is 4.74 Å². The highest BCUT2D eigenvalue weighted by Gasteiger charge is 2.18. The number of anilines is 1. The third kappa shape index (κ3) is 3.70. The van der Waals surface area contributed by atoms with Crippen molar-refractivity contribution in [3.05, 3.63) is 48.0 Å². The van der Waals surface area contributed by atoms with E-state index in [4.69, 9.17) is 26.9 Å². The largest absolute Gasteiger partial charge is 0.382 e. The van der Waals surface area contributed by atoms with Gasteiger partial charge in [-0.05, 0) is 12.0 Å². The predicted molar refractivity (Wildman–Crippen MR) is 104 cm³/mol. The van der Waals surface area contributed by atoms with Crippen molar-refractivity contribution in [2.45, 2.75) is 32.4 Å². The molecule has 0 radical (unpaired) electrons. The van der Waals surface area contributed by atoms with Gasteiger partial charge in [0.2, 0.25) is 0 Å². The van der Waals surface area contributed by atoms with Gasteiger partial charge in [0.1, 0.15) is 22.9 Å². The van der Waals surface area contributed by atoms with Crippen LogP contribution in [0.1, 0.15) is 24.7 Å². The summed E-state index contributed by atoms with van der Waals surface area (Å²) >= 11 is 0. The molecule has 138 valence electrons. The van der Waals surface area contributed by atoms with Gasteiger partial charge in [0.15, 0.2) is 0 Å². The van der Waals surface area contributed by atoms with Crippen molar-refractivity contribution in [2.75, 3.05) is 18.9 Å². The Kier molecular flexibility index (Phi) is 5.82. The smallest absolute Gasteiger partial charge is 0.150 e. The van der Waals surface area contributed by atoms with Crippen molar-refractivity contribution >= 4 is 11.3 Å². The molecule has 7 nitrogen and oxygen atoms in total. The molecule has 2 aromatic heterocycles. The van der Waals surface area contributed by atoms with Gasteiger partial charge in [0.25, 0.3) is 0 Å². The molecule has 3 rings (SSSR count). The van der Waals surface area contributed by atoms with Gasteiger partial charge < -0.3 is 21.9 Å². The van der Waals surface area contributed by atoms with Crippen molar-refractivity contribution in [2.24, 2.45) is 11.5 Å². The lowest BCUT2D eigenvalue weighted by Gasteiger charge is -2.14. The first-order valence-corrected chi connectivity index (χ1v) is 8.90. The van der Waals surface area contributed by atoms with Crippen LogP contribution in [0.5, 0.6) is 0 Å². The van der Waals surface area contributed by atoms with Gasteiger partial charge in [0.05, 0.1) is 12.7 Å². The molecule has 0 saturated carbocycles. The second kappa shape index (κ2) is 8.27. The summed E-state index contributed by atoms with van der Waals surface area (Å²) in [4.78, 5) is 9.11. The predicted octanol–water partition coefficient (Wildman–Crippen LogP) is 1.73. The molecule has 1 atom stereocenters. The highest BCUT2D eigenvalue weighted by atomic mass is 16.5. The van der Waals surface area contributed by atoms with E-state index in [9.17, 15) is 0 Å². The maximum absolute atomic E-state index is 6.17. The van der Waals surface area contributed by atoms with Crippen molar-refractivity contribution in [3.8, 4) is 11.3 Å². The van der Waals surface area contributed by atoms with E-state index in [-0.39, 0.29) is 6.10 Å². The van der Waals surface area contributed by atoms with Gasteiger partial charge >= 0.3 is 0 Å². The van der Waals surface area contributed by atoms with Crippen LogP contribution in [0.4, 0.5) is 5.82 Å². The van der Waals surface area contributed by atoms with Crippen LogP contribution in [0.2, 0.25) is 0 Å². The van der Waals surface area contributed by atoms with Crippen molar-refractivity contribution in [1.82, 2.24) is 14.4 Å². The molecule has 3 aromatic rings. The quantitative estimate of drug-likeness (QED) is 0.567. The summed E-state index contributed by atoms with van der Waals surface area (Å²) in [6.07, 6.45) is 5.21. The van der Waals surface area contributed by atoms with Crippen LogP contribution in [0.15, 0.2) is 36.7 Å². The van der Waals surface area contributed by atoms with Crippen LogP contribution in [-0.4, -0.2) is 33.6 Å². The summed E-state index contributed by atoms with van der Waals surface area (Å²) in [5.74, 6) is 1.36. The minimum atomic E-state index is 0.0611. The Labute approximate surface area is 153 Å². The first kappa shape index (κ1) is 18.3. The number of nitrogens with two attached hydrogens (primary N) is 3. The second-order valence-electron chi connectivity index (χ2n) is 6.20. The zero-order valence-corrected chi connectivity index (χ0v) is 15.1. The van der Waals surface area contributed by atoms with Gasteiger partial charge in [-0.3, -0.25) is 4.40 Å². The fourth-order valence-corrected chi connectivity index (χ4v) is 3.03. The fourth-order valence-electron chi connectivity index (χ4n) is 3.03. The molecule has 1 aromatic carbocycles. The molecule has 0 fully saturated rings. The molecule has 26 heavy (non-hydrogen) atoms. The van der Waals surface area contributed by atoms with Gasteiger partial charge in [-0.15, -0.1) is 0 Å². The van der Waals surface area contributed by atoms with Crippen LogP contribution >= 0.6 is 0 Å². The number of ether oxygens (including phenoxy) is 1. The lowest BCUT2D eigenvalue weighted by molar-refractivity contribution is 0.0551. The Morgan fingerprint density at radius 3 is 2.62 bits per heavy atom. The minimum absolute atomic E-state index is 0.0611. The Morgan fingerprint density at radius 1 is 1.19 bits per heavy atom. The summed E-state index contributed by atoms with van der Waals surface area (Å²) in [7, 11) is 0. The Balaban J connectivity index is 2.03. The third-order valence-electron chi connectivity index (χ3n) is 4.46. The fraction of sp³-hybridized carbons (Fsp3) is 0.368. The van der Waals surface area contributed by atoms with Crippen LogP contribution in [0, 0.1) is 0 Å². The molecule has 0 aliphatic heterocycles. The Hall–Kier alpha value is -2.48. The lowest BCUT2D eigenvalue weighted by atomic mass is 10.1.